The van der Waals surface area contributed by atoms with Crippen LogP contribution in [0.15, 0.2) is 18.2 Å². The van der Waals surface area contributed by atoms with Crippen LogP contribution in [0.5, 0.6) is 0 Å². The van der Waals surface area contributed by atoms with Gasteiger partial charge in [-0.15, -0.1) is 0 Å². The molecule has 0 aliphatic rings. The molecule has 0 spiro atoms. The Kier molecular flexibility index (Phi) is 4.04. The molecule has 1 rings (SSSR count). The van der Waals surface area contributed by atoms with E-state index in [0.717, 1.165) is 18.4 Å². The highest BCUT2D eigenvalue weighted by Gasteiger charge is 2.02. The maximum absolute atomic E-state index is 9.09. The summed E-state index contributed by atoms with van der Waals surface area (Å²) in [7, 11) is 0. The third-order valence-corrected chi connectivity index (χ3v) is 2.43. The van der Waals surface area contributed by atoms with Gasteiger partial charge < -0.3 is 5.11 Å². The molecule has 0 radical (unpaired) electrons. The summed E-state index contributed by atoms with van der Waals surface area (Å²) in [6.07, 6.45) is 1.22. The lowest BCUT2D eigenvalue weighted by Crippen LogP contribution is -2.01. The largest absolute Gasteiger partial charge is 0.393 e. The molecule has 0 aliphatic carbocycles. The van der Waals surface area contributed by atoms with Crippen LogP contribution in [0.25, 0.3) is 0 Å². The van der Waals surface area contributed by atoms with Crippen molar-refractivity contribution in [2.45, 2.75) is 25.9 Å². The molecule has 13 heavy (non-hydrogen) atoms. The van der Waals surface area contributed by atoms with E-state index in [0.29, 0.717) is 10.0 Å². The van der Waals surface area contributed by atoms with Crippen molar-refractivity contribution < 1.29 is 5.11 Å². The minimum atomic E-state index is -0.285. The molecule has 1 nitrogen and oxygen atoms in total. The second-order valence-corrected chi connectivity index (χ2v) is 3.97. The number of aryl methyl sites for hydroxylation is 1. The van der Waals surface area contributed by atoms with Crippen molar-refractivity contribution >= 4 is 23.2 Å². The van der Waals surface area contributed by atoms with Gasteiger partial charge in [-0.25, -0.2) is 0 Å². The molecular formula is C10H12Cl2O. The first-order chi connectivity index (χ1) is 6.09. The summed E-state index contributed by atoms with van der Waals surface area (Å²) in [6.45, 7) is 1.77. The first-order valence-corrected chi connectivity index (χ1v) is 4.97. The fourth-order valence-electron chi connectivity index (χ4n) is 1.09. The second kappa shape index (κ2) is 4.85. The van der Waals surface area contributed by atoms with Crippen molar-refractivity contribution in [1.29, 1.82) is 0 Å². The molecule has 1 N–H and O–H groups in total. The standard InChI is InChI=1S/C10H12Cl2O/c1-7(13)2-3-8-4-5-9(11)6-10(8)12/h4-7,13H,2-3H2,1H3. The van der Waals surface area contributed by atoms with Gasteiger partial charge in [0.05, 0.1) is 6.10 Å². The van der Waals surface area contributed by atoms with E-state index >= 15 is 0 Å². The molecule has 0 aliphatic heterocycles. The summed E-state index contributed by atoms with van der Waals surface area (Å²) < 4.78 is 0. The van der Waals surface area contributed by atoms with Crippen LogP contribution in [-0.4, -0.2) is 11.2 Å². The van der Waals surface area contributed by atoms with E-state index in [9.17, 15) is 0 Å². The number of aliphatic hydroxyl groups excluding tert-OH is 1. The van der Waals surface area contributed by atoms with Crippen LogP contribution in [0.2, 0.25) is 10.0 Å². The van der Waals surface area contributed by atoms with Crippen LogP contribution in [0.4, 0.5) is 0 Å². The number of aliphatic hydroxyl groups is 1. The minimum Gasteiger partial charge on any atom is -0.393 e. The van der Waals surface area contributed by atoms with Crippen molar-refractivity contribution in [2.75, 3.05) is 0 Å². The molecule has 1 aromatic carbocycles. The summed E-state index contributed by atoms with van der Waals surface area (Å²) in [6, 6.07) is 5.43. The van der Waals surface area contributed by atoms with Gasteiger partial charge in [-0.3, -0.25) is 0 Å². The van der Waals surface area contributed by atoms with Gasteiger partial charge >= 0.3 is 0 Å². The summed E-state index contributed by atoms with van der Waals surface area (Å²) in [5, 5.41) is 10.4. The van der Waals surface area contributed by atoms with Gasteiger partial charge in [0.25, 0.3) is 0 Å². The molecule has 72 valence electrons. The van der Waals surface area contributed by atoms with Gasteiger partial charge in [-0.1, -0.05) is 29.3 Å². The maximum atomic E-state index is 9.09. The van der Waals surface area contributed by atoms with Gasteiger partial charge in [0.15, 0.2) is 0 Å². The molecule has 0 heterocycles. The third kappa shape index (κ3) is 3.55. The van der Waals surface area contributed by atoms with Gasteiger partial charge in [-0.05, 0) is 37.5 Å². The molecule has 0 aromatic heterocycles. The van der Waals surface area contributed by atoms with Gasteiger partial charge in [0.2, 0.25) is 0 Å². The maximum Gasteiger partial charge on any atom is 0.0515 e. The Bertz CT molecular complexity index is 284. The van der Waals surface area contributed by atoms with E-state index in [1.807, 2.05) is 12.1 Å². The van der Waals surface area contributed by atoms with Crippen LogP contribution in [0.1, 0.15) is 18.9 Å². The average Bonchev–Trinajstić information content (AvgIpc) is 2.02. The van der Waals surface area contributed by atoms with Crippen molar-refractivity contribution in [3.05, 3.63) is 33.8 Å². The number of hydrogen-bond acceptors (Lipinski definition) is 1. The van der Waals surface area contributed by atoms with Crippen molar-refractivity contribution in [2.24, 2.45) is 0 Å². The molecule has 1 aromatic rings. The summed E-state index contributed by atoms with van der Waals surface area (Å²) in [5.41, 5.74) is 1.03. The Morgan fingerprint density at radius 3 is 2.62 bits per heavy atom. The predicted octanol–water partition coefficient (Wildman–Crippen LogP) is 3.31. The molecule has 1 unspecified atom stereocenters. The lowest BCUT2D eigenvalue weighted by atomic mass is 10.1. The quantitative estimate of drug-likeness (QED) is 0.826. The number of halogens is 2. The van der Waals surface area contributed by atoms with E-state index in [4.69, 9.17) is 28.3 Å². The number of benzene rings is 1. The van der Waals surface area contributed by atoms with Crippen LogP contribution < -0.4 is 0 Å². The zero-order chi connectivity index (χ0) is 9.84. The Balaban J connectivity index is 2.67. The van der Waals surface area contributed by atoms with E-state index in [1.165, 1.54) is 0 Å². The Labute approximate surface area is 88.3 Å². The van der Waals surface area contributed by atoms with E-state index in [2.05, 4.69) is 0 Å². The lowest BCUT2D eigenvalue weighted by molar-refractivity contribution is 0.185. The highest BCUT2D eigenvalue weighted by Crippen LogP contribution is 2.22. The molecule has 0 saturated heterocycles. The minimum absolute atomic E-state index is 0.285. The van der Waals surface area contributed by atoms with Gasteiger partial charge in [-0.2, -0.15) is 0 Å². The summed E-state index contributed by atoms with van der Waals surface area (Å²) >= 11 is 11.7. The van der Waals surface area contributed by atoms with Crippen LogP contribution >= 0.6 is 23.2 Å². The fraction of sp³-hybridized carbons (Fsp3) is 0.400. The molecule has 0 amide bonds. The van der Waals surface area contributed by atoms with Gasteiger partial charge in [0, 0.05) is 10.0 Å². The van der Waals surface area contributed by atoms with Crippen LogP contribution in [0, 0.1) is 0 Å². The number of rotatable bonds is 3. The zero-order valence-corrected chi connectivity index (χ0v) is 8.94. The monoisotopic (exact) mass is 218 g/mol. The molecule has 0 saturated carbocycles. The fourth-order valence-corrected chi connectivity index (χ4v) is 1.59. The van der Waals surface area contributed by atoms with Crippen LogP contribution in [-0.2, 0) is 6.42 Å². The Hall–Kier alpha value is -0.240. The highest BCUT2D eigenvalue weighted by atomic mass is 35.5. The van der Waals surface area contributed by atoms with Gasteiger partial charge in [0.1, 0.15) is 0 Å². The first kappa shape index (κ1) is 10.8. The highest BCUT2D eigenvalue weighted by molar-refractivity contribution is 6.35. The molecule has 0 bridgehead atoms. The van der Waals surface area contributed by atoms with Crippen molar-refractivity contribution in [1.82, 2.24) is 0 Å². The van der Waals surface area contributed by atoms with E-state index in [-0.39, 0.29) is 6.10 Å². The summed E-state index contributed by atoms with van der Waals surface area (Å²) in [4.78, 5) is 0. The van der Waals surface area contributed by atoms with E-state index < -0.39 is 0 Å². The first-order valence-electron chi connectivity index (χ1n) is 4.21. The summed E-state index contributed by atoms with van der Waals surface area (Å²) in [5.74, 6) is 0. The smallest absolute Gasteiger partial charge is 0.0515 e. The molecule has 3 heteroatoms. The zero-order valence-electron chi connectivity index (χ0n) is 7.43. The topological polar surface area (TPSA) is 20.2 Å². The normalized spacial score (nSPS) is 12.9. The van der Waals surface area contributed by atoms with Crippen molar-refractivity contribution in [3.63, 3.8) is 0 Å². The molecule has 1 atom stereocenters. The van der Waals surface area contributed by atoms with Crippen LogP contribution in [0.3, 0.4) is 0 Å². The van der Waals surface area contributed by atoms with Crippen molar-refractivity contribution in [3.8, 4) is 0 Å². The average molecular weight is 219 g/mol. The second-order valence-electron chi connectivity index (χ2n) is 3.12. The Morgan fingerprint density at radius 2 is 2.08 bits per heavy atom. The Morgan fingerprint density at radius 1 is 1.38 bits per heavy atom. The number of hydrogen-bond donors (Lipinski definition) is 1. The molecule has 0 fully saturated rings. The SMILES string of the molecule is CC(O)CCc1ccc(Cl)cc1Cl. The predicted molar refractivity (Wildman–Crippen MR) is 56.5 cm³/mol. The van der Waals surface area contributed by atoms with E-state index in [1.54, 1.807) is 13.0 Å². The molecular weight excluding hydrogens is 207 g/mol. The lowest BCUT2D eigenvalue weighted by Gasteiger charge is -2.06. The third-order valence-electron chi connectivity index (χ3n) is 1.85.